The fourth-order valence-electron chi connectivity index (χ4n) is 3.02. The molecule has 4 rings (SSSR count). The first-order chi connectivity index (χ1) is 14.1. The largest absolute Gasteiger partial charge is 0.496 e. The maximum atomic E-state index is 13.2. The third-order valence-electron chi connectivity index (χ3n) is 4.53. The van der Waals surface area contributed by atoms with Gasteiger partial charge in [-0.25, -0.2) is 4.39 Å². The predicted molar refractivity (Wildman–Crippen MR) is 107 cm³/mol. The molecule has 0 unspecified atom stereocenters. The second-order valence-corrected chi connectivity index (χ2v) is 6.36. The Morgan fingerprint density at radius 3 is 2.66 bits per heavy atom. The molecule has 2 aromatic heterocycles. The van der Waals surface area contributed by atoms with Crippen molar-refractivity contribution in [2.45, 2.75) is 6.54 Å². The molecule has 0 spiro atoms. The lowest BCUT2D eigenvalue weighted by Crippen LogP contribution is -2.13. The molecule has 3 N–H and O–H groups in total. The number of anilines is 1. The molecule has 0 atom stereocenters. The van der Waals surface area contributed by atoms with Crippen molar-refractivity contribution >= 4 is 17.2 Å². The molecule has 2 heterocycles. The fraction of sp³-hybridized carbons (Fsp3) is 0.0952. The van der Waals surface area contributed by atoms with Gasteiger partial charge in [0.05, 0.1) is 12.8 Å². The highest BCUT2D eigenvalue weighted by Crippen LogP contribution is 2.23. The second-order valence-electron chi connectivity index (χ2n) is 6.36. The number of hydrogen-bond donors (Lipinski definition) is 2. The molecule has 1 amide bonds. The third kappa shape index (κ3) is 3.65. The number of fused-ring (bicyclic) bond motifs is 1. The first kappa shape index (κ1) is 18.6. The molecule has 0 saturated heterocycles. The van der Waals surface area contributed by atoms with E-state index in [-0.39, 0.29) is 11.7 Å². The van der Waals surface area contributed by atoms with Crippen molar-refractivity contribution in [2.75, 3.05) is 12.4 Å². The number of pyridine rings is 1. The summed E-state index contributed by atoms with van der Waals surface area (Å²) in [5.41, 5.74) is 8.82. The quantitative estimate of drug-likeness (QED) is 0.545. The van der Waals surface area contributed by atoms with E-state index in [1.807, 2.05) is 0 Å². The average Bonchev–Trinajstić information content (AvgIpc) is 3.17. The number of halogens is 1. The Balaban J connectivity index is 1.64. The Kier molecular flexibility index (Phi) is 4.92. The summed E-state index contributed by atoms with van der Waals surface area (Å²) in [5, 5.41) is 11.1. The predicted octanol–water partition coefficient (Wildman–Crippen LogP) is 3.25. The highest BCUT2D eigenvalue weighted by Gasteiger charge is 2.13. The summed E-state index contributed by atoms with van der Waals surface area (Å²) in [4.78, 5) is 12.7. The van der Waals surface area contributed by atoms with Crippen LogP contribution in [0, 0.1) is 5.82 Å². The molecule has 2 aromatic carbocycles. The van der Waals surface area contributed by atoms with Gasteiger partial charge in [0.1, 0.15) is 11.6 Å². The van der Waals surface area contributed by atoms with Crippen LogP contribution in [0.3, 0.4) is 0 Å². The van der Waals surface area contributed by atoms with E-state index in [0.717, 1.165) is 5.56 Å². The molecule has 0 bridgehead atoms. The van der Waals surface area contributed by atoms with E-state index in [9.17, 15) is 9.18 Å². The first-order valence-electron chi connectivity index (χ1n) is 8.88. The number of nitrogens with one attached hydrogen (secondary N) is 1. The number of carbonyl (C=O) groups is 1. The Morgan fingerprint density at radius 2 is 1.93 bits per heavy atom. The van der Waals surface area contributed by atoms with Crippen LogP contribution in [-0.4, -0.2) is 27.6 Å². The molecule has 0 aliphatic rings. The average molecular weight is 391 g/mol. The molecular weight excluding hydrogens is 373 g/mol. The van der Waals surface area contributed by atoms with Gasteiger partial charge in [0, 0.05) is 29.4 Å². The number of aromatic nitrogens is 3. The van der Waals surface area contributed by atoms with Crippen molar-refractivity contribution in [1.29, 1.82) is 0 Å². The molecule has 7 nitrogen and oxygen atoms in total. The van der Waals surface area contributed by atoms with Gasteiger partial charge in [0.2, 0.25) is 0 Å². The molecule has 0 saturated carbocycles. The number of carbonyl (C=O) groups excluding carboxylic acids is 1. The van der Waals surface area contributed by atoms with Crippen molar-refractivity contribution in [2.24, 2.45) is 5.73 Å². The van der Waals surface area contributed by atoms with E-state index in [1.165, 1.54) is 19.2 Å². The number of rotatable bonds is 5. The maximum absolute atomic E-state index is 13.2. The Bertz CT molecular complexity index is 1190. The molecule has 0 fully saturated rings. The molecule has 0 aliphatic heterocycles. The van der Waals surface area contributed by atoms with Gasteiger partial charge >= 0.3 is 0 Å². The summed E-state index contributed by atoms with van der Waals surface area (Å²) >= 11 is 0. The van der Waals surface area contributed by atoms with Crippen molar-refractivity contribution in [1.82, 2.24) is 14.6 Å². The second kappa shape index (κ2) is 7.69. The summed E-state index contributed by atoms with van der Waals surface area (Å²) in [6.07, 6.45) is 1.72. The summed E-state index contributed by atoms with van der Waals surface area (Å²) in [6.45, 7) is 0.321. The monoisotopic (exact) mass is 391 g/mol. The zero-order chi connectivity index (χ0) is 20.4. The van der Waals surface area contributed by atoms with Crippen LogP contribution < -0.4 is 15.8 Å². The standard InChI is InChI=1S/C21H18FN5O2/c1-29-18-10-14(2-3-15(18)11-23)21(28)24-17-8-9-19-25-26-20(27(19)12-17)13-4-6-16(22)7-5-13/h2-10,12H,11,23H2,1H3,(H,24,28). The van der Waals surface area contributed by atoms with E-state index in [4.69, 9.17) is 10.5 Å². The number of benzene rings is 2. The van der Waals surface area contributed by atoms with Crippen molar-refractivity contribution in [3.63, 3.8) is 0 Å². The van der Waals surface area contributed by atoms with Gasteiger partial charge < -0.3 is 15.8 Å². The zero-order valence-corrected chi connectivity index (χ0v) is 15.6. The Hall–Kier alpha value is -3.78. The van der Waals surface area contributed by atoms with Gasteiger partial charge in [-0.15, -0.1) is 10.2 Å². The van der Waals surface area contributed by atoms with Crippen LogP contribution in [-0.2, 0) is 6.54 Å². The van der Waals surface area contributed by atoms with Gasteiger partial charge in [0.15, 0.2) is 11.5 Å². The van der Waals surface area contributed by atoms with Gasteiger partial charge in [0.25, 0.3) is 5.91 Å². The number of nitrogens with zero attached hydrogens (tertiary/aromatic N) is 3. The smallest absolute Gasteiger partial charge is 0.255 e. The summed E-state index contributed by atoms with van der Waals surface area (Å²) < 4.78 is 20.2. The zero-order valence-electron chi connectivity index (χ0n) is 15.6. The normalized spacial score (nSPS) is 10.9. The van der Waals surface area contributed by atoms with Crippen LogP contribution in [0.25, 0.3) is 17.0 Å². The highest BCUT2D eigenvalue weighted by molar-refractivity contribution is 6.04. The van der Waals surface area contributed by atoms with Crippen molar-refractivity contribution < 1.29 is 13.9 Å². The lowest BCUT2D eigenvalue weighted by Gasteiger charge is -2.10. The van der Waals surface area contributed by atoms with Gasteiger partial charge in [-0.3, -0.25) is 9.20 Å². The van der Waals surface area contributed by atoms with Crippen LogP contribution in [0.4, 0.5) is 10.1 Å². The van der Waals surface area contributed by atoms with Crippen LogP contribution in [0.2, 0.25) is 0 Å². The van der Waals surface area contributed by atoms with E-state index < -0.39 is 0 Å². The molecule has 8 heteroatoms. The summed E-state index contributed by atoms with van der Waals surface area (Å²) in [6, 6.07) is 14.6. The number of nitrogens with two attached hydrogens (primary N) is 1. The lowest BCUT2D eigenvalue weighted by atomic mass is 10.1. The molecule has 0 aliphatic carbocycles. The minimum atomic E-state index is -0.327. The van der Waals surface area contributed by atoms with Gasteiger partial charge in [-0.05, 0) is 48.5 Å². The minimum Gasteiger partial charge on any atom is -0.496 e. The van der Waals surface area contributed by atoms with E-state index in [0.29, 0.717) is 40.6 Å². The number of hydrogen-bond acceptors (Lipinski definition) is 5. The van der Waals surface area contributed by atoms with Gasteiger partial charge in [-0.1, -0.05) is 6.07 Å². The number of amides is 1. The van der Waals surface area contributed by atoms with E-state index in [1.54, 1.807) is 53.1 Å². The van der Waals surface area contributed by atoms with Crippen LogP contribution >= 0.6 is 0 Å². The molecule has 4 aromatic rings. The van der Waals surface area contributed by atoms with Crippen LogP contribution in [0.15, 0.2) is 60.8 Å². The number of methoxy groups -OCH3 is 1. The van der Waals surface area contributed by atoms with Crippen LogP contribution in [0.5, 0.6) is 5.75 Å². The molecule has 146 valence electrons. The highest BCUT2D eigenvalue weighted by atomic mass is 19.1. The third-order valence-corrected chi connectivity index (χ3v) is 4.53. The summed E-state index contributed by atoms with van der Waals surface area (Å²) in [7, 11) is 1.53. The Labute approximate surface area is 165 Å². The topological polar surface area (TPSA) is 94.5 Å². The van der Waals surface area contributed by atoms with E-state index >= 15 is 0 Å². The van der Waals surface area contributed by atoms with Gasteiger partial charge in [-0.2, -0.15) is 0 Å². The fourth-order valence-corrected chi connectivity index (χ4v) is 3.02. The van der Waals surface area contributed by atoms with Crippen LogP contribution in [0.1, 0.15) is 15.9 Å². The molecule has 0 radical (unpaired) electrons. The molecule has 29 heavy (non-hydrogen) atoms. The van der Waals surface area contributed by atoms with E-state index in [2.05, 4.69) is 15.5 Å². The maximum Gasteiger partial charge on any atom is 0.255 e. The van der Waals surface area contributed by atoms with Crippen molar-refractivity contribution in [3.8, 4) is 17.1 Å². The Morgan fingerprint density at radius 1 is 1.14 bits per heavy atom. The first-order valence-corrected chi connectivity index (χ1v) is 8.88. The number of ether oxygens (including phenoxy) is 1. The summed E-state index contributed by atoms with van der Waals surface area (Å²) in [5.74, 6) is 0.493. The molecular formula is C21H18FN5O2. The SMILES string of the molecule is COc1cc(C(=O)Nc2ccc3nnc(-c4ccc(F)cc4)n3c2)ccc1CN. The lowest BCUT2D eigenvalue weighted by molar-refractivity contribution is 0.102. The van der Waals surface area contributed by atoms with Crippen molar-refractivity contribution in [3.05, 3.63) is 77.7 Å². The minimum absolute atomic E-state index is 0.289.